The lowest BCUT2D eigenvalue weighted by Crippen LogP contribution is -2.37. The molecule has 1 atom stereocenters. The average Bonchev–Trinajstić information content (AvgIpc) is 3.08. The minimum atomic E-state index is -0.307. The van der Waals surface area contributed by atoms with Crippen LogP contribution in [0.4, 0.5) is 0 Å². The van der Waals surface area contributed by atoms with Crippen molar-refractivity contribution in [3.8, 4) is 11.1 Å². The Labute approximate surface area is 165 Å². The maximum absolute atomic E-state index is 12.8. The zero-order chi connectivity index (χ0) is 19.6. The van der Waals surface area contributed by atoms with Gasteiger partial charge in [-0.05, 0) is 18.4 Å². The van der Waals surface area contributed by atoms with Crippen LogP contribution in [-0.4, -0.2) is 27.4 Å². The molecule has 8 heteroatoms. The van der Waals surface area contributed by atoms with Gasteiger partial charge in [-0.25, -0.2) is 9.66 Å². The van der Waals surface area contributed by atoms with Crippen LogP contribution in [0, 0.1) is 5.92 Å². The van der Waals surface area contributed by atoms with Crippen molar-refractivity contribution in [2.45, 2.75) is 32.0 Å². The van der Waals surface area contributed by atoms with Crippen molar-refractivity contribution < 1.29 is 4.79 Å². The molecule has 0 aliphatic carbocycles. The molecule has 0 aliphatic heterocycles. The number of aromatic nitrogens is 2. The average molecular weight is 403 g/mol. The zero-order valence-electron chi connectivity index (χ0n) is 15.4. The van der Waals surface area contributed by atoms with E-state index in [2.05, 4.69) is 10.3 Å². The number of carbonyl (C=O) groups is 1. The first-order chi connectivity index (χ1) is 12.9. The first-order valence-corrected chi connectivity index (χ1v) is 10.5. The first-order valence-electron chi connectivity index (χ1n) is 8.65. The number of hydrogen-bond acceptors (Lipinski definition) is 6. The minimum absolute atomic E-state index is 0.0827. The fraction of sp³-hybridized carbons (Fsp3) is 0.316. The first kappa shape index (κ1) is 19.4. The number of nitrogen functional groups attached to an aromatic ring is 1. The summed E-state index contributed by atoms with van der Waals surface area (Å²) >= 11 is 2.57. The van der Waals surface area contributed by atoms with Crippen LogP contribution < -0.4 is 16.7 Å². The number of thiophene rings is 1. The molecule has 3 aromatic rings. The number of carbonyl (C=O) groups excluding carboxylic acids is 1. The lowest BCUT2D eigenvalue weighted by molar-refractivity contribution is -0.119. The van der Waals surface area contributed by atoms with E-state index in [-0.39, 0.29) is 23.3 Å². The van der Waals surface area contributed by atoms with Gasteiger partial charge in [0.05, 0.1) is 11.1 Å². The van der Waals surface area contributed by atoms with Gasteiger partial charge in [0.1, 0.15) is 4.83 Å². The molecule has 27 heavy (non-hydrogen) atoms. The summed E-state index contributed by atoms with van der Waals surface area (Å²) in [6.07, 6.45) is 0. The number of fused-ring (bicyclic) bond motifs is 1. The van der Waals surface area contributed by atoms with E-state index in [1.54, 1.807) is 0 Å². The Morgan fingerprint density at radius 1 is 1.30 bits per heavy atom. The molecule has 0 saturated carbocycles. The van der Waals surface area contributed by atoms with Gasteiger partial charge in [0.25, 0.3) is 5.56 Å². The topological polar surface area (TPSA) is 90.0 Å². The minimum Gasteiger partial charge on any atom is -0.353 e. The van der Waals surface area contributed by atoms with Crippen molar-refractivity contribution in [3.05, 3.63) is 46.1 Å². The Hall–Kier alpha value is -2.32. The van der Waals surface area contributed by atoms with E-state index in [1.165, 1.54) is 11.3 Å². The standard InChI is InChI=1S/C19H22N4O2S2/c1-11(2)12(3)21-15(24)10-27-19-22-17-16(18(25)23(19)20)14(9-26-17)13-7-5-4-6-8-13/h4-9,11-12H,10,20H2,1-3H3,(H,21,24)/t12-/m0/s1. The van der Waals surface area contributed by atoms with Gasteiger partial charge in [0, 0.05) is 17.0 Å². The van der Waals surface area contributed by atoms with E-state index < -0.39 is 0 Å². The highest BCUT2D eigenvalue weighted by molar-refractivity contribution is 7.99. The Balaban J connectivity index is 1.86. The zero-order valence-corrected chi connectivity index (χ0v) is 17.1. The summed E-state index contributed by atoms with van der Waals surface area (Å²) in [5.74, 6) is 6.39. The maximum atomic E-state index is 12.8. The van der Waals surface area contributed by atoms with Crippen molar-refractivity contribution in [1.29, 1.82) is 0 Å². The summed E-state index contributed by atoms with van der Waals surface area (Å²) < 4.78 is 1.03. The van der Waals surface area contributed by atoms with Crippen molar-refractivity contribution in [1.82, 2.24) is 15.0 Å². The van der Waals surface area contributed by atoms with Gasteiger partial charge < -0.3 is 11.2 Å². The number of hydrogen-bond donors (Lipinski definition) is 2. The molecule has 0 radical (unpaired) electrons. The predicted molar refractivity (Wildman–Crippen MR) is 113 cm³/mol. The molecule has 0 saturated heterocycles. The quantitative estimate of drug-likeness (QED) is 0.376. The van der Waals surface area contributed by atoms with Crippen molar-refractivity contribution in [2.75, 3.05) is 11.6 Å². The summed E-state index contributed by atoms with van der Waals surface area (Å²) in [4.78, 5) is 30.0. The van der Waals surface area contributed by atoms with Gasteiger partial charge >= 0.3 is 0 Å². The van der Waals surface area contributed by atoms with Crippen molar-refractivity contribution in [3.63, 3.8) is 0 Å². The van der Waals surface area contributed by atoms with E-state index >= 15 is 0 Å². The number of thioether (sulfide) groups is 1. The SMILES string of the molecule is CC(C)[C@H](C)NC(=O)CSc1nc2scc(-c3ccccc3)c2c(=O)n1N. The van der Waals surface area contributed by atoms with E-state index in [9.17, 15) is 9.59 Å². The van der Waals surface area contributed by atoms with Gasteiger partial charge in [-0.1, -0.05) is 55.9 Å². The van der Waals surface area contributed by atoms with E-state index in [0.717, 1.165) is 27.6 Å². The molecule has 1 aromatic carbocycles. The number of benzene rings is 1. The van der Waals surface area contributed by atoms with E-state index in [4.69, 9.17) is 5.84 Å². The van der Waals surface area contributed by atoms with Crippen LogP contribution in [0.1, 0.15) is 20.8 Å². The second kappa shape index (κ2) is 8.14. The number of nitrogens with zero attached hydrogens (tertiary/aromatic N) is 2. The summed E-state index contributed by atoms with van der Waals surface area (Å²) in [5, 5.41) is 5.69. The molecule has 3 N–H and O–H groups in total. The van der Waals surface area contributed by atoms with Gasteiger partial charge in [-0.3, -0.25) is 9.59 Å². The molecular formula is C19H22N4O2S2. The number of rotatable bonds is 6. The van der Waals surface area contributed by atoms with Crippen LogP contribution in [0.3, 0.4) is 0 Å². The summed E-state index contributed by atoms with van der Waals surface area (Å²) in [5.41, 5.74) is 1.47. The fourth-order valence-corrected chi connectivity index (χ4v) is 4.23. The highest BCUT2D eigenvalue weighted by Gasteiger charge is 2.17. The molecule has 0 fully saturated rings. The molecule has 1 amide bonds. The lowest BCUT2D eigenvalue weighted by Gasteiger charge is -2.17. The third-order valence-electron chi connectivity index (χ3n) is 4.41. The molecule has 6 nitrogen and oxygen atoms in total. The molecule has 0 unspecified atom stereocenters. The Bertz CT molecular complexity index is 1010. The molecule has 142 valence electrons. The monoisotopic (exact) mass is 402 g/mol. The third kappa shape index (κ3) is 4.17. The van der Waals surface area contributed by atoms with E-state index in [0.29, 0.717) is 21.3 Å². The summed E-state index contributed by atoms with van der Waals surface area (Å²) in [7, 11) is 0. The van der Waals surface area contributed by atoms with Crippen LogP contribution in [-0.2, 0) is 4.79 Å². The third-order valence-corrected chi connectivity index (χ3v) is 6.24. The van der Waals surface area contributed by atoms with Crippen LogP contribution in [0.15, 0.2) is 45.7 Å². The molecule has 3 rings (SSSR count). The molecule has 2 heterocycles. The largest absolute Gasteiger partial charge is 0.353 e. The molecule has 0 spiro atoms. The van der Waals surface area contributed by atoms with Crippen molar-refractivity contribution >= 4 is 39.2 Å². The second-order valence-electron chi connectivity index (χ2n) is 6.65. The van der Waals surface area contributed by atoms with Crippen LogP contribution >= 0.6 is 23.1 Å². The van der Waals surface area contributed by atoms with Crippen LogP contribution in [0.2, 0.25) is 0 Å². The summed E-state index contributed by atoms with van der Waals surface area (Å²) in [6, 6.07) is 9.76. The fourth-order valence-electron chi connectivity index (χ4n) is 2.51. The smallest absolute Gasteiger partial charge is 0.282 e. The van der Waals surface area contributed by atoms with Gasteiger partial charge in [0.2, 0.25) is 5.91 Å². The number of nitrogens with two attached hydrogens (primary N) is 1. The number of amides is 1. The highest BCUT2D eigenvalue weighted by Crippen LogP contribution is 2.31. The predicted octanol–water partition coefficient (Wildman–Crippen LogP) is 3.09. The maximum Gasteiger partial charge on any atom is 0.282 e. The normalized spacial score (nSPS) is 12.4. The Morgan fingerprint density at radius 2 is 2.00 bits per heavy atom. The van der Waals surface area contributed by atoms with Crippen LogP contribution in [0.25, 0.3) is 21.3 Å². The number of nitrogens with one attached hydrogen (secondary N) is 1. The molecule has 2 aromatic heterocycles. The second-order valence-corrected chi connectivity index (χ2v) is 8.45. The molecule has 0 bridgehead atoms. The Morgan fingerprint density at radius 3 is 2.67 bits per heavy atom. The van der Waals surface area contributed by atoms with Gasteiger partial charge in [-0.2, -0.15) is 0 Å². The Kier molecular flexibility index (Phi) is 5.86. The van der Waals surface area contributed by atoms with Crippen molar-refractivity contribution in [2.24, 2.45) is 5.92 Å². The molecule has 0 aliphatic rings. The lowest BCUT2D eigenvalue weighted by atomic mass is 10.1. The summed E-state index contributed by atoms with van der Waals surface area (Å²) in [6.45, 7) is 6.06. The van der Waals surface area contributed by atoms with Crippen LogP contribution in [0.5, 0.6) is 0 Å². The van der Waals surface area contributed by atoms with E-state index in [1.807, 2.05) is 56.5 Å². The van der Waals surface area contributed by atoms with Gasteiger partial charge in [0.15, 0.2) is 5.16 Å². The highest BCUT2D eigenvalue weighted by atomic mass is 32.2. The van der Waals surface area contributed by atoms with Gasteiger partial charge in [-0.15, -0.1) is 11.3 Å². The molecular weight excluding hydrogens is 380 g/mol.